The minimum absolute atomic E-state index is 0.451. The van der Waals surface area contributed by atoms with Crippen LogP contribution in [0.25, 0.3) is 0 Å². The molecule has 1 rings (SSSR count). The van der Waals surface area contributed by atoms with Gasteiger partial charge in [-0.3, -0.25) is 4.99 Å². The molecule has 1 aliphatic heterocycles. The Balaban J connectivity index is 2.15. The number of hydrogen-bond donors (Lipinski definition) is 2. The summed E-state index contributed by atoms with van der Waals surface area (Å²) >= 11 is 0. The second kappa shape index (κ2) is 10.1. The van der Waals surface area contributed by atoms with E-state index in [0.717, 1.165) is 12.5 Å². The zero-order valence-electron chi connectivity index (χ0n) is 15.5. The highest BCUT2D eigenvalue weighted by molar-refractivity contribution is 5.79. The predicted octanol–water partition coefficient (Wildman–Crippen LogP) is 3.24. The fraction of sp³-hybridized carbons (Fsp3) is 0.944. The normalized spacial score (nSPS) is 18.5. The van der Waals surface area contributed by atoms with Crippen LogP contribution in [0.1, 0.15) is 66.2 Å². The summed E-state index contributed by atoms with van der Waals surface area (Å²) in [6.07, 6.45) is 7.50. The monoisotopic (exact) mass is 310 g/mol. The molecule has 2 N–H and O–H groups in total. The van der Waals surface area contributed by atoms with Crippen molar-refractivity contribution < 1.29 is 0 Å². The van der Waals surface area contributed by atoms with Gasteiger partial charge in [-0.15, -0.1) is 0 Å². The summed E-state index contributed by atoms with van der Waals surface area (Å²) in [7, 11) is 1.87. The zero-order valence-corrected chi connectivity index (χ0v) is 15.5. The van der Waals surface area contributed by atoms with Crippen molar-refractivity contribution in [3.05, 3.63) is 0 Å². The van der Waals surface area contributed by atoms with E-state index in [0.29, 0.717) is 11.5 Å². The largest absolute Gasteiger partial charge is 0.356 e. The van der Waals surface area contributed by atoms with Crippen LogP contribution in [-0.2, 0) is 0 Å². The van der Waals surface area contributed by atoms with E-state index in [9.17, 15) is 0 Å². The van der Waals surface area contributed by atoms with Gasteiger partial charge in [-0.2, -0.15) is 0 Å². The highest BCUT2D eigenvalue weighted by atomic mass is 15.2. The predicted molar refractivity (Wildman–Crippen MR) is 97.6 cm³/mol. The summed E-state index contributed by atoms with van der Waals surface area (Å²) in [6.45, 7) is 13.9. The van der Waals surface area contributed by atoms with Gasteiger partial charge < -0.3 is 15.5 Å². The molecular formula is C18H38N4. The van der Waals surface area contributed by atoms with E-state index >= 15 is 0 Å². The molecule has 0 aromatic rings. The molecule has 130 valence electrons. The van der Waals surface area contributed by atoms with Gasteiger partial charge in [0.05, 0.1) is 0 Å². The number of guanidine groups is 1. The fourth-order valence-corrected chi connectivity index (χ4v) is 2.99. The van der Waals surface area contributed by atoms with E-state index in [-0.39, 0.29) is 0 Å². The lowest BCUT2D eigenvalue weighted by atomic mass is 9.90. The maximum atomic E-state index is 4.36. The Labute approximate surface area is 138 Å². The van der Waals surface area contributed by atoms with Crippen LogP contribution in [0.3, 0.4) is 0 Å². The lowest BCUT2D eigenvalue weighted by Gasteiger charge is -2.32. The molecule has 0 aromatic carbocycles. The van der Waals surface area contributed by atoms with Crippen LogP contribution in [0.2, 0.25) is 0 Å². The van der Waals surface area contributed by atoms with Crippen LogP contribution in [0.5, 0.6) is 0 Å². The second-order valence-corrected chi connectivity index (χ2v) is 7.78. The van der Waals surface area contributed by atoms with Crippen molar-refractivity contribution in [2.75, 3.05) is 33.2 Å². The van der Waals surface area contributed by atoms with Crippen molar-refractivity contribution >= 4 is 5.96 Å². The molecule has 0 atom stereocenters. The summed E-state index contributed by atoms with van der Waals surface area (Å²) < 4.78 is 0. The van der Waals surface area contributed by atoms with Crippen LogP contribution in [-0.4, -0.2) is 50.1 Å². The molecule has 1 heterocycles. The van der Waals surface area contributed by atoms with Crippen molar-refractivity contribution in [2.24, 2.45) is 10.4 Å². The average Bonchev–Trinajstić information content (AvgIpc) is 2.46. The fourth-order valence-electron chi connectivity index (χ4n) is 2.99. The van der Waals surface area contributed by atoms with Gasteiger partial charge in [0.1, 0.15) is 0 Å². The van der Waals surface area contributed by atoms with Crippen LogP contribution in [0.4, 0.5) is 0 Å². The number of nitrogens with zero attached hydrogens (tertiary/aromatic N) is 2. The Bertz CT molecular complexity index is 312. The molecule has 0 radical (unpaired) electrons. The van der Waals surface area contributed by atoms with Crippen molar-refractivity contribution in [1.29, 1.82) is 0 Å². The number of rotatable bonds is 7. The van der Waals surface area contributed by atoms with Gasteiger partial charge >= 0.3 is 0 Å². The molecule has 0 aliphatic carbocycles. The number of nitrogens with one attached hydrogen (secondary N) is 2. The molecule has 0 saturated carbocycles. The van der Waals surface area contributed by atoms with Crippen LogP contribution in [0.15, 0.2) is 4.99 Å². The molecule has 1 saturated heterocycles. The standard InChI is InChI=1S/C18H38N4/c1-6-13-22-14-9-16(10-15-22)21-17(19-5)20-12-8-7-11-18(2,3)4/h16H,6-15H2,1-5H3,(H2,19,20,21). The Hall–Kier alpha value is -0.770. The van der Waals surface area contributed by atoms with E-state index in [1.165, 1.54) is 58.2 Å². The maximum absolute atomic E-state index is 4.36. The van der Waals surface area contributed by atoms with Crippen LogP contribution < -0.4 is 10.6 Å². The van der Waals surface area contributed by atoms with Gasteiger partial charge in [0.2, 0.25) is 0 Å². The summed E-state index contributed by atoms with van der Waals surface area (Å²) in [6, 6.07) is 0.578. The van der Waals surface area contributed by atoms with E-state index in [4.69, 9.17) is 0 Å². The number of aliphatic imine (C=N–C) groups is 1. The van der Waals surface area contributed by atoms with Gasteiger partial charge in [-0.25, -0.2) is 0 Å². The SMILES string of the molecule is CCCN1CCC(NC(=NC)NCCCCC(C)(C)C)CC1. The first kappa shape index (κ1) is 19.3. The molecule has 1 fully saturated rings. The first-order valence-corrected chi connectivity index (χ1v) is 9.14. The summed E-state index contributed by atoms with van der Waals surface area (Å²) in [5.41, 5.74) is 0.451. The van der Waals surface area contributed by atoms with Gasteiger partial charge in [-0.05, 0) is 44.1 Å². The maximum Gasteiger partial charge on any atom is 0.191 e. The van der Waals surface area contributed by atoms with Crippen molar-refractivity contribution in [1.82, 2.24) is 15.5 Å². The van der Waals surface area contributed by atoms with E-state index in [2.05, 4.69) is 48.2 Å². The molecule has 0 amide bonds. The summed E-state index contributed by atoms with van der Waals surface area (Å²) in [4.78, 5) is 6.94. The Morgan fingerprint density at radius 3 is 2.41 bits per heavy atom. The Morgan fingerprint density at radius 1 is 1.18 bits per heavy atom. The highest BCUT2D eigenvalue weighted by Gasteiger charge is 2.19. The number of piperidine rings is 1. The van der Waals surface area contributed by atoms with E-state index in [1.807, 2.05) is 7.05 Å². The molecule has 4 heteroatoms. The Kier molecular flexibility index (Phi) is 8.84. The third-order valence-electron chi connectivity index (χ3n) is 4.34. The molecule has 22 heavy (non-hydrogen) atoms. The molecule has 0 unspecified atom stereocenters. The lowest BCUT2D eigenvalue weighted by molar-refractivity contribution is 0.206. The highest BCUT2D eigenvalue weighted by Crippen LogP contribution is 2.21. The minimum Gasteiger partial charge on any atom is -0.356 e. The molecule has 0 aromatic heterocycles. The third-order valence-corrected chi connectivity index (χ3v) is 4.34. The van der Waals surface area contributed by atoms with Gasteiger partial charge in [0, 0.05) is 32.7 Å². The summed E-state index contributed by atoms with van der Waals surface area (Å²) in [5, 5.41) is 7.05. The summed E-state index contributed by atoms with van der Waals surface area (Å²) in [5.74, 6) is 0.977. The van der Waals surface area contributed by atoms with Crippen LogP contribution >= 0.6 is 0 Å². The second-order valence-electron chi connectivity index (χ2n) is 7.78. The van der Waals surface area contributed by atoms with Gasteiger partial charge in [0.25, 0.3) is 0 Å². The average molecular weight is 311 g/mol. The van der Waals surface area contributed by atoms with Crippen molar-refractivity contribution in [3.63, 3.8) is 0 Å². The lowest BCUT2D eigenvalue weighted by Crippen LogP contribution is -2.48. The molecule has 0 bridgehead atoms. The first-order valence-electron chi connectivity index (χ1n) is 9.14. The molecule has 1 aliphatic rings. The topological polar surface area (TPSA) is 39.7 Å². The van der Waals surface area contributed by atoms with Crippen LogP contribution in [0, 0.1) is 5.41 Å². The quantitative estimate of drug-likeness (QED) is 0.431. The van der Waals surface area contributed by atoms with E-state index in [1.54, 1.807) is 0 Å². The molecule has 4 nitrogen and oxygen atoms in total. The number of unbranched alkanes of at least 4 members (excludes halogenated alkanes) is 1. The zero-order chi connectivity index (χ0) is 16.4. The van der Waals surface area contributed by atoms with Gasteiger partial charge in [0.15, 0.2) is 5.96 Å². The van der Waals surface area contributed by atoms with Gasteiger partial charge in [-0.1, -0.05) is 34.1 Å². The van der Waals surface area contributed by atoms with Crippen molar-refractivity contribution in [3.8, 4) is 0 Å². The van der Waals surface area contributed by atoms with E-state index < -0.39 is 0 Å². The minimum atomic E-state index is 0.451. The first-order chi connectivity index (χ1) is 10.4. The number of hydrogen-bond acceptors (Lipinski definition) is 2. The third kappa shape index (κ3) is 8.62. The Morgan fingerprint density at radius 2 is 1.86 bits per heavy atom. The smallest absolute Gasteiger partial charge is 0.191 e. The van der Waals surface area contributed by atoms with Crippen molar-refractivity contribution in [2.45, 2.75) is 72.3 Å². The molecular weight excluding hydrogens is 272 g/mol. The number of likely N-dealkylation sites (tertiary alicyclic amines) is 1. The molecule has 0 spiro atoms.